The van der Waals surface area contributed by atoms with Crippen LogP contribution in [0.1, 0.15) is 13.8 Å². The molecule has 2 saturated heterocycles. The van der Waals surface area contributed by atoms with Crippen molar-refractivity contribution in [2.24, 2.45) is 5.16 Å². The summed E-state index contributed by atoms with van der Waals surface area (Å²) in [6, 6.07) is 0. The second-order valence-electron chi connectivity index (χ2n) is 6.01. The number of rotatable bonds is 4. The minimum atomic E-state index is -0.207. The van der Waals surface area contributed by atoms with E-state index in [0.717, 1.165) is 10.2 Å². The monoisotopic (exact) mass is 370 g/mol. The van der Waals surface area contributed by atoms with Crippen molar-refractivity contribution in [1.29, 1.82) is 0 Å². The third kappa shape index (κ3) is 3.93. The molecule has 0 aliphatic carbocycles. The molecule has 0 radical (unpaired) electrons. The first-order chi connectivity index (χ1) is 10.5. The topological polar surface area (TPSA) is 69.1 Å². The van der Waals surface area contributed by atoms with Crippen LogP contribution in [0.3, 0.4) is 0 Å². The Bertz CT molecular complexity index is 532. The molecule has 8 heteroatoms. The SMILES string of the molecule is CC1(C)COC(CON=C2CN(c3ncc(Br)cn3)C2)CO1. The predicted octanol–water partition coefficient (Wildman–Crippen LogP) is 1.63. The molecule has 1 aromatic heterocycles. The zero-order valence-corrected chi connectivity index (χ0v) is 14.2. The molecule has 0 N–H and O–H groups in total. The van der Waals surface area contributed by atoms with E-state index in [9.17, 15) is 0 Å². The second-order valence-corrected chi connectivity index (χ2v) is 6.93. The van der Waals surface area contributed by atoms with Crippen LogP contribution in [-0.4, -0.2) is 60.3 Å². The van der Waals surface area contributed by atoms with E-state index >= 15 is 0 Å². The van der Waals surface area contributed by atoms with Gasteiger partial charge in [0.1, 0.15) is 12.7 Å². The van der Waals surface area contributed by atoms with E-state index in [4.69, 9.17) is 14.3 Å². The highest BCUT2D eigenvalue weighted by Gasteiger charge is 2.29. The van der Waals surface area contributed by atoms with E-state index in [-0.39, 0.29) is 11.7 Å². The molecule has 1 atom stereocenters. The number of anilines is 1. The quantitative estimate of drug-likeness (QED) is 0.750. The van der Waals surface area contributed by atoms with Gasteiger partial charge >= 0.3 is 0 Å². The maximum atomic E-state index is 5.68. The number of aromatic nitrogens is 2. The molecule has 2 fully saturated rings. The van der Waals surface area contributed by atoms with E-state index in [1.54, 1.807) is 12.4 Å². The van der Waals surface area contributed by atoms with E-state index in [2.05, 4.69) is 31.1 Å². The van der Waals surface area contributed by atoms with Crippen molar-refractivity contribution in [1.82, 2.24) is 9.97 Å². The molecule has 120 valence electrons. The molecule has 1 aromatic rings. The molecule has 0 aromatic carbocycles. The molecule has 0 saturated carbocycles. The van der Waals surface area contributed by atoms with Gasteiger partial charge in [-0.15, -0.1) is 0 Å². The Balaban J connectivity index is 1.38. The van der Waals surface area contributed by atoms with E-state index in [0.29, 0.717) is 38.9 Å². The number of ether oxygens (including phenoxy) is 2. The van der Waals surface area contributed by atoms with Gasteiger partial charge in [0.2, 0.25) is 5.95 Å². The van der Waals surface area contributed by atoms with Crippen LogP contribution < -0.4 is 4.90 Å². The average molecular weight is 371 g/mol. The first-order valence-electron chi connectivity index (χ1n) is 7.18. The molecule has 3 heterocycles. The maximum absolute atomic E-state index is 5.68. The van der Waals surface area contributed by atoms with Gasteiger partial charge in [-0.2, -0.15) is 0 Å². The third-order valence-corrected chi connectivity index (χ3v) is 3.83. The third-order valence-electron chi connectivity index (χ3n) is 3.42. The summed E-state index contributed by atoms with van der Waals surface area (Å²) in [5, 5.41) is 4.13. The van der Waals surface area contributed by atoms with Crippen molar-refractivity contribution in [3.63, 3.8) is 0 Å². The van der Waals surface area contributed by atoms with E-state index in [1.807, 2.05) is 18.7 Å². The van der Waals surface area contributed by atoms with Crippen LogP contribution in [0.25, 0.3) is 0 Å². The van der Waals surface area contributed by atoms with Gasteiger partial charge in [-0.05, 0) is 29.8 Å². The first-order valence-corrected chi connectivity index (χ1v) is 7.97. The minimum Gasteiger partial charge on any atom is -0.393 e. The van der Waals surface area contributed by atoms with Gasteiger partial charge in [0.25, 0.3) is 0 Å². The summed E-state index contributed by atoms with van der Waals surface area (Å²) in [4.78, 5) is 15.9. The van der Waals surface area contributed by atoms with Crippen LogP contribution in [-0.2, 0) is 14.3 Å². The van der Waals surface area contributed by atoms with Crippen LogP contribution in [0.5, 0.6) is 0 Å². The fourth-order valence-corrected chi connectivity index (χ4v) is 2.30. The lowest BCUT2D eigenvalue weighted by molar-refractivity contribution is -0.187. The molecule has 0 bridgehead atoms. The van der Waals surface area contributed by atoms with Gasteiger partial charge in [-0.1, -0.05) is 5.16 Å². The lowest BCUT2D eigenvalue weighted by atomic mass is 10.1. The van der Waals surface area contributed by atoms with Crippen LogP contribution in [0.4, 0.5) is 5.95 Å². The average Bonchev–Trinajstić information content (AvgIpc) is 2.44. The summed E-state index contributed by atoms with van der Waals surface area (Å²) in [5.74, 6) is 0.702. The van der Waals surface area contributed by atoms with Gasteiger partial charge in [0.05, 0.1) is 42.1 Å². The Morgan fingerprint density at radius 2 is 2.14 bits per heavy atom. The van der Waals surface area contributed by atoms with Crippen LogP contribution >= 0.6 is 15.9 Å². The number of hydrogen-bond acceptors (Lipinski definition) is 7. The summed E-state index contributed by atoms with van der Waals surface area (Å²) >= 11 is 3.32. The smallest absolute Gasteiger partial charge is 0.226 e. The van der Waals surface area contributed by atoms with Crippen molar-refractivity contribution < 1.29 is 14.3 Å². The second kappa shape index (κ2) is 6.47. The van der Waals surface area contributed by atoms with Crippen molar-refractivity contribution in [3.05, 3.63) is 16.9 Å². The van der Waals surface area contributed by atoms with Crippen molar-refractivity contribution in [3.8, 4) is 0 Å². The van der Waals surface area contributed by atoms with Crippen molar-refractivity contribution in [2.75, 3.05) is 37.8 Å². The predicted molar refractivity (Wildman–Crippen MR) is 85.1 cm³/mol. The number of halogens is 1. The van der Waals surface area contributed by atoms with Crippen molar-refractivity contribution in [2.45, 2.75) is 25.6 Å². The van der Waals surface area contributed by atoms with Gasteiger partial charge in [0.15, 0.2) is 0 Å². The molecule has 1 unspecified atom stereocenters. The molecule has 2 aliphatic rings. The van der Waals surface area contributed by atoms with Gasteiger partial charge in [-0.3, -0.25) is 0 Å². The first kappa shape index (κ1) is 15.6. The summed E-state index contributed by atoms with van der Waals surface area (Å²) < 4.78 is 12.2. The lowest BCUT2D eigenvalue weighted by Crippen LogP contribution is -2.48. The largest absolute Gasteiger partial charge is 0.393 e. The Morgan fingerprint density at radius 1 is 1.41 bits per heavy atom. The molecule has 0 spiro atoms. The molecular formula is C14H19BrN4O3. The molecule has 0 amide bonds. The summed E-state index contributed by atoms with van der Waals surface area (Å²) in [7, 11) is 0. The van der Waals surface area contributed by atoms with Crippen LogP contribution in [0.2, 0.25) is 0 Å². The highest BCUT2D eigenvalue weighted by atomic mass is 79.9. The number of hydrogen-bond donors (Lipinski definition) is 0. The Morgan fingerprint density at radius 3 is 2.77 bits per heavy atom. The van der Waals surface area contributed by atoms with Gasteiger partial charge in [-0.25, -0.2) is 9.97 Å². The molecule has 22 heavy (non-hydrogen) atoms. The van der Waals surface area contributed by atoms with Crippen LogP contribution in [0.15, 0.2) is 22.0 Å². The lowest BCUT2D eigenvalue weighted by Gasteiger charge is -2.34. The number of oxime groups is 1. The zero-order valence-electron chi connectivity index (χ0n) is 12.7. The highest BCUT2D eigenvalue weighted by Crippen LogP contribution is 2.18. The standard InChI is InChI=1S/C14H19BrN4O3/c1-14(2)9-20-12(7-21-14)8-22-18-11-5-19(6-11)13-16-3-10(15)4-17-13/h3-4,12H,5-9H2,1-2H3. The van der Waals surface area contributed by atoms with E-state index < -0.39 is 0 Å². The maximum Gasteiger partial charge on any atom is 0.226 e. The Kier molecular flexibility index (Phi) is 4.60. The summed E-state index contributed by atoms with van der Waals surface area (Å²) in [5.41, 5.74) is 0.769. The Labute approximate surface area is 137 Å². The fourth-order valence-electron chi connectivity index (χ4n) is 2.10. The molecule has 2 aliphatic heterocycles. The normalized spacial score (nSPS) is 23.9. The van der Waals surface area contributed by atoms with Gasteiger partial charge < -0.3 is 19.2 Å². The van der Waals surface area contributed by atoms with Crippen LogP contribution in [0, 0.1) is 0 Å². The van der Waals surface area contributed by atoms with Crippen molar-refractivity contribution >= 4 is 27.6 Å². The van der Waals surface area contributed by atoms with E-state index in [1.165, 1.54) is 0 Å². The highest BCUT2D eigenvalue weighted by molar-refractivity contribution is 9.10. The minimum absolute atomic E-state index is 0.0524. The molecule has 7 nitrogen and oxygen atoms in total. The van der Waals surface area contributed by atoms with Gasteiger partial charge in [0, 0.05) is 12.4 Å². The Hall–Kier alpha value is -1.25. The molecule has 3 rings (SSSR count). The summed E-state index contributed by atoms with van der Waals surface area (Å²) in [6.07, 6.45) is 3.41. The fraction of sp³-hybridized carbons (Fsp3) is 0.643. The number of nitrogens with zero attached hydrogens (tertiary/aromatic N) is 4. The zero-order chi connectivity index (χ0) is 15.6. The molecular weight excluding hydrogens is 352 g/mol. The summed E-state index contributed by atoms with van der Waals surface area (Å²) in [6.45, 7) is 6.93.